The van der Waals surface area contributed by atoms with Crippen molar-refractivity contribution in [3.63, 3.8) is 0 Å². The van der Waals surface area contributed by atoms with E-state index in [1.807, 2.05) is 13.0 Å². The summed E-state index contributed by atoms with van der Waals surface area (Å²) in [6.45, 7) is 2.12. The topological polar surface area (TPSA) is 57.4 Å². The maximum atomic E-state index is 6.06. The molecular formula is C14H14Cl2N2O2. The number of nitrogens with zero attached hydrogens (tertiary/aromatic N) is 1. The van der Waals surface area contributed by atoms with Crippen LogP contribution in [0.5, 0.6) is 11.5 Å². The van der Waals surface area contributed by atoms with Gasteiger partial charge in [0.1, 0.15) is 12.4 Å². The van der Waals surface area contributed by atoms with Gasteiger partial charge in [-0.25, -0.2) is 0 Å². The molecule has 0 atom stereocenters. The molecule has 0 aliphatic carbocycles. The van der Waals surface area contributed by atoms with E-state index in [1.54, 1.807) is 25.3 Å². The van der Waals surface area contributed by atoms with Crippen LogP contribution in [0, 0.1) is 6.92 Å². The minimum Gasteiger partial charge on any atom is -0.497 e. The molecule has 0 aliphatic heterocycles. The number of pyridine rings is 1. The summed E-state index contributed by atoms with van der Waals surface area (Å²) < 4.78 is 10.8. The highest BCUT2D eigenvalue weighted by molar-refractivity contribution is 6.37. The summed E-state index contributed by atoms with van der Waals surface area (Å²) in [6.07, 6.45) is 0. The van der Waals surface area contributed by atoms with Gasteiger partial charge in [0, 0.05) is 23.5 Å². The van der Waals surface area contributed by atoms with Gasteiger partial charge < -0.3 is 15.2 Å². The van der Waals surface area contributed by atoms with Gasteiger partial charge in [0.15, 0.2) is 5.75 Å². The molecule has 106 valence electrons. The van der Waals surface area contributed by atoms with Gasteiger partial charge in [-0.1, -0.05) is 23.2 Å². The van der Waals surface area contributed by atoms with Crippen LogP contribution in [-0.2, 0) is 6.61 Å². The van der Waals surface area contributed by atoms with Crippen molar-refractivity contribution in [1.82, 2.24) is 4.98 Å². The highest BCUT2D eigenvalue weighted by Crippen LogP contribution is 2.35. The van der Waals surface area contributed by atoms with E-state index in [2.05, 4.69) is 4.98 Å². The molecule has 6 heteroatoms. The zero-order chi connectivity index (χ0) is 14.7. The van der Waals surface area contributed by atoms with Crippen molar-refractivity contribution in [2.75, 3.05) is 12.8 Å². The van der Waals surface area contributed by atoms with Crippen LogP contribution in [0.4, 0.5) is 5.69 Å². The lowest BCUT2D eigenvalue weighted by atomic mass is 10.3. The number of benzene rings is 1. The molecule has 0 aliphatic rings. The van der Waals surface area contributed by atoms with Crippen LogP contribution in [-0.4, -0.2) is 12.1 Å². The quantitative estimate of drug-likeness (QED) is 0.871. The molecule has 2 N–H and O–H groups in total. The van der Waals surface area contributed by atoms with Crippen LogP contribution >= 0.6 is 23.2 Å². The fourth-order valence-corrected chi connectivity index (χ4v) is 2.37. The summed E-state index contributed by atoms with van der Waals surface area (Å²) in [5.41, 5.74) is 7.70. The average molecular weight is 313 g/mol. The van der Waals surface area contributed by atoms with Crippen molar-refractivity contribution in [2.45, 2.75) is 13.5 Å². The third kappa shape index (κ3) is 3.46. The van der Waals surface area contributed by atoms with Crippen LogP contribution in [0.3, 0.4) is 0 Å². The molecule has 2 rings (SSSR count). The molecule has 0 unspecified atom stereocenters. The zero-order valence-corrected chi connectivity index (χ0v) is 12.6. The Labute approximate surface area is 127 Å². The minimum atomic E-state index is 0.237. The Morgan fingerprint density at radius 1 is 1.15 bits per heavy atom. The van der Waals surface area contributed by atoms with Gasteiger partial charge in [0.2, 0.25) is 0 Å². The minimum absolute atomic E-state index is 0.237. The number of halogens is 2. The molecule has 1 heterocycles. The molecule has 2 aromatic rings. The molecule has 1 aromatic heterocycles. The van der Waals surface area contributed by atoms with Gasteiger partial charge in [-0.2, -0.15) is 0 Å². The van der Waals surface area contributed by atoms with Crippen molar-refractivity contribution >= 4 is 28.9 Å². The molecule has 0 spiro atoms. The monoisotopic (exact) mass is 312 g/mol. The number of methoxy groups -OCH3 is 1. The van der Waals surface area contributed by atoms with E-state index in [0.29, 0.717) is 21.5 Å². The highest BCUT2D eigenvalue weighted by atomic mass is 35.5. The van der Waals surface area contributed by atoms with Crippen LogP contribution < -0.4 is 15.2 Å². The molecule has 0 radical (unpaired) electrons. The Morgan fingerprint density at radius 3 is 2.40 bits per heavy atom. The fourth-order valence-electron chi connectivity index (χ4n) is 1.76. The second-order valence-corrected chi connectivity index (χ2v) is 5.06. The lowest BCUT2D eigenvalue weighted by Crippen LogP contribution is -2.01. The number of anilines is 1. The van der Waals surface area contributed by atoms with Gasteiger partial charge in [0.25, 0.3) is 0 Å². The first kappa shape index (κ1) is 14.8. The number of nitrogens with two attached hydrogens (primary N) is 1. The summed E-state index contributed by atoms with van der Waals surface area (Å²) in [7, 11) is 1.60. The Balaban J connectivity index is 2.19. The Bertz CT molecular complexity index is 610. The molecule has 0 saturated heterocycles. The second kappa shape index (κ2) is 6.20. The lowest BCUT2D eigenvalue weighted by Gasteiger charge is -2.11. The number of nitrogen functional groups attached to an aromatic ring is 1. The van der Waals surface area contributed by atoms with Gasteiger partial charge in [0.05, 0.1) is 22.8 Å². The summed E-state index contributed by atoms with van der Waals surface area (Å²) in [4.78, 5) is 4.36. The van der Waals surface area contributed by atoms with Crippen LogP contribution in [0.15, 0.2) is 24.3 Å². The molecule has 20 heavy (non-hydrogen) atoms. The fraction of sp³-hybridized carbons (Fsp3) is 0.214. The van der Waals surface area contributed by atoms with E-state index >= 15 is 0 Å². The van der Waals surface area contributed by atoms with E-state index in [0.717, 1.165) is 17.1 Å². The maximum Gasteiger partial charge on any atom is 0.157 e. The Morgan fingerprint density at radius 2 is 1.80 bits per heavy atom. The van der Waals surface area contributed by atoms with Gasteiger partial charge in [-0.15, -0.1) is 0 Å². The average Bonchev–Trinajstić information content (AvgIpc) is 2.36. The van der Waals surface area contributed by atoms with E-state index < -0.39 is 0 Å². The van der Waals surface area contributed by atoms with E-state index in [4.69, 9.17) is 38.4 Å². The van der Waals surface area contributed by atoms with Gasteiger partial charge >= 0.3 is 0 Å². The SMILES string of the molecule is COc1cc(C)nc(COc2c(Cl)cc(N)cc2Cl)c1. The Kier molecular flexibility index (Phi) is 4.57. The first-order valence-corrected chi connectivity index (χ1v) is 6.64. The number of hydrogen-bond acceptors (Lipinski definition) is 4. The molecule has 1 aromatic carbocycles. The largest absolute Gasteiger partial charge is 0.497 e. The van der Waals surface area contributed by atoms with Gasteiger partial charge in [-0.05, 0) is 19.1 Å². The standard InChI is InChI=1S/C14H14Cl2N2O2/c1-8-3-11(19-2)6-10(18-8)7-20-14-12(15)4-9(17)5-13(14)16/h3-6H,7,17H2,1-2H3. The van der Waals surface area contributed by atoms with Gasteiger partial charge in [-0.3, -0.25) is 4.98 Å². The van der Waals surface area contributed by atoms with E-state index in [1.165, 1.54) is 0 Å². The van der Waals surface area contributed by atoms with Crippen LogP contribution in [0.2, 0.25) is 10.0 Å². The number of rotatable bonds is 4. The zero-order valence-electron chi connectivity index (χ0n) is 11.1. The summed E-state index contributed by atoms with van der Waals surface area (Å²) in [6, 6.07) is 6.82. The summed E-state index contributed by atoms with van der Waals surface area (Å²) in [5, 5.41) is 0.740. The normalized spacial score (nSPS) is 10.4. The smallest absolute Gasteiger partial charge is 0.157 e. The van der Waals surface area contributed by atoms with Crippen molar-refractivity contribution < 1.29 is 9.47 Å². The summed E-state index contributed by atoms with van der Waals surface area (Å²) in [5.74, 6) is 1.12. The van der Waals surface area contributed by atoms with Crippen molar-refractivity contribution in [1.29, 1.82) is 0 Å². The second-order valence-electron chi connectivity index (χ2n) is 4.24. The molecule has 0 saturated carbocycles. The third-order valence-corrected chi connectivity index (χ3v) is 3.16. The first-order valence-electron chi connectivity index (χ1n) is 5.88. The maximum absolute atomic E-state index is 6.06. The van der Waals surface area contributed by atoms with Crippen molar-refractivity contribution in [3.8, 4) is 11.5 Å². The number of aromatic nitrogens is 1. The molecule has 0 bridgehead atoms. The predicted molar refractivity (Wildman–Crippen MR) is 80.7 cm³/mol. The van der Waals surface area contributed by atoms with E-state index in [9.17, 15) is 0 Å². The third-order valence-electron chi connectivity index (χ3n) is 2.60. The number of ether oxygens (including phenoxy) is 2. The number of hydrogen-bond donors (Lipinski definition) is 1. The molecule has 4 nitrogen and oxygen atoms in total. The van der Waals surface area contributed by atoms with Crippen molar-refractivity contribution in [2.24, 2.45) is 0 Å². The molecule has 0 fully saturated rings. The Hall–Kier alpha value is -1.65. The molecular weight excluding hydrogens is 299 g/mol. The molecule has 0 amide bonds. The van der Waals surface area contributed by atoms with Crippen LogP contribution in [0.1, 0.15) is 11.4 Å². The van der Waals surface area contributed by atoms with E-state index in [-0.39, 0.29) is 6.61 Å². The highest BCUT2D eigenvalue weighted by Gasteiger charge is 2.10. The first-order chi connectivity index (χ1) is 9.49. The lowest BCUT2D eigenvalue weighted by molar-refractivity contribution is 0.300. The predicted octanol–water partition coefficient (Wildman–Crippen LogP) is 3.87. The van der Waals surface area contributed by atoms with Crippen molar-refractivity contribution in [3.05, 3.63) is 45.7 Å². The van der Waals surface area contributed by atoms with Crippen LogP contribution in [0.25, 0.3) is 0 Å². The number of aryl methyl sites for hydroxylation is 1. The summed E-state index contributed by atoms with van der Waals surface area (Å²) >= 11 is 12.1.